The van der Waals surface area contributed by atoms with E-state index >= 15 is 0 Å². The average Bonchev–Trinajstić information content (AvgIpc) is 3.14. The molecule has 0 heterocycles. The van der Waals surface area contributed by atoms with Crippen molar-refractivity contribution in [2.45, 2.75) is 49.6 Å². The first-order valence-electron chi connectivity index (χ1n) is 9.04. The normalized spacial score (nSPS) is 16.2. The molecule has 2 aromatic rings. The van der Waals surface area contributed by atoms with Crippen molar-refractivity contribution < 1.29 is 17.6 Å². The fourth-order valence-electron chi connectivity index (χ4n) is 3.32. The lowest BCUT2D eigenvalue weighted by molar-refractivity contribution is 0.0939. The van der Waals surface area contributed by atoms with E-state index in [1.165, 1.54) is 30.3 Å². The number of sulfonamides is 1. The Labute approximate surface area is 159 Å². The van der Waals surface area contributed by atoms with E-state index in [2.05, 4.69) is 10.0 Å². The number of nitrogens with one attached hydrogen (secondary N) is 2. The summed E-state index contributed by atoms with van der Waals surface area (Å²) in [7, 11) is -3.68. The van der Waals surface area contributed by atoms with E-state index in [4.69, 9.17) is 0 Å². The molecule has 7 heteroatoms. The minimum Gasteiger partial charge on any atom is -0.345 e. The first-order valence-corrected chi connectivity index (χ1v) is 10.5. The van der Waals surface area contributed by atoms with Crippen molar-refractivity contribution in [2.24, 2.45) is 0 Å². The Hall–Kier alpha value is -2.25. The number of benzene rings is 2. The Morgan fingerprint density at radius 2 is 1.81 bits per heavy atom. The topological polar surface area (TPSA) is 75.3 Å². The van der Waals surface area contributed by atoms with Crippen LogP contribution in [0.5, 0.6) is 0 Å². The molecular formula is C20H23FN2O3S. The molecule has 0 bridgehead atoms. The molecule has 1 unspecified atom stereocenters. The lowest BCUT2D eigenvalue weighted by Gasteiger charge is -2.16. The largest absolute Gasteiger partial charge is 0.345 e. The van der Waals surface area contributed by atoms with E-state index in [0.717, 1.165) is 25.7 Å². The van der Waals surface area contributed by atoms with Gasteiger partial charge in [-0.2, -0.15) is 0 Å². The molecule has 1 saturated carbocycles. The fraction of sp³-hybridized carbons (Fsp3) is 0.350. The first-order chi connectivity index (χ1) is 12.9. The maximum atomic E-state index is 13.9. The maximum Gasteiger partial charge on any atom is 0.251 e. The van der Waals surface area contributed by atoms with Crippen LogP contribution in [-0.4, -0.2) is 20.4 Å². The van der Waals surface area contributed by atoms with Gasteiger partial charge in [0.25, 0.3) is 5.91 Å². The summed E-state index contributed by atoms with van der Waals surface area (Å²) in [4.78, 5) is 12.6. The number of carbonyl (C=O) groups is 1. The Kier molecular flexibility index (Phi) is 5.92. The molecule has 3 rings (SSSR count). The molecule has 144 valence electrons. The van der Waals surface area contributed by atoms with Crippen molar-refractivity contribution >= 4 is 15.9 Å². The van der Waals surface area contributed by atoms with Gasteiger partial charge in [-0.1, -0.05) is 37.1 Å². The lowest BCUT2D eigenvalue weighted by atomic mass is 10.1. The zero-order valence-corrected chi connectivity index (χ0v) is 15.9. The molecule has 0 aliphatic heterocycles. The summed E-state index contributed by atoms with van der Waals surface area (Å²) in [6, 6.07) is 11.5. The van der Waals surface area contributed by atoms with Gasteiger partial charge in [0.15, 0.2) is 0 Å². The molecule has 5 nitrogen and oxygen atoms in total. The Morgan fingerprint density at radius 1 is 1.11 bits per heavy atom. The lowest BCUT2D eigenvalue weighted by Crippen LogP contribution is -2.33. The van der Waals surface area contributed by atoms with Gasteiger partial charge in [-0.05, 0) is 44.0 Å². The summed E-state index contributed by atoms with van der Waals surface area (Å²) in [6.45, 7) is 1.68. The summed E-state index contributed by atoms with van der Waals surface area (Å²) in [5.41, 5.74) is 0.588. The first kappa shape index (κ1) is 19.5. The number of halogens is 1. The molecule has 0 aromatic heterocycles. The molecule has 1 aliphatic carbocycles. The van der Waals surface area contributed by atoms with Gasteiger partial charge in [0.2, 0.25) is 10.0 Å². The van der Waals surface area contributed by atoms with E-state index in [0.29, 0.717) is 5.56 Å². The molecule has 2 N–H and O–H groups in total. The molecule has 0 saturated heterocycles. The molecule has 1 atom stereocenters. The SMILES string of the molecule is CC(NC(=O)c1cccc(S(=O)(=O)NC2CCCC2)c1)c1ccccc1F. The Bertz CT molecular complexity index is 924. The number of amides is 1. The van der Waals surface area contributed by atoms with Crippen LogP contribution in [0.4, 0.5) is 4.39 Å². The molecule has 1 aliphatic rings. The number of carbonyl (C=O) groups excluding carboxylic acids is 1. The highest BCUT2D eigenvalue weighted by Crippen LogP contribution is 2.21. The van der Waals surface area contributed by atoms with Gasteiger partial charge in [0.1, 0.15) is 5.82 Å². The summed E-state index contributed by atoms with van der Waals surface area (Å²) in [5, 5.41) is 2.71. The number of hydrogen-bond acceptors (Lipinski definition) is 3. The van der Waals surface area contributed by atoms with Crippen molar-refractivity contribution in [3.8, 4) is 0 Å². The van der Waals surface area contributed by atoms with Crippen molar-refractivity contribution in [3.63, 3.8) is 0 Å². The second-order valence-corrected chi connectivity index (χ2v) is 8.56. The van der Waals surface area contributed by atoms with Crippen molar-refractivity contribution in [1.82, 2.24) is 10.0 Å². The summed E-state index contributed by atoms with van der Waals surface area (Å²) < 4.78 is 41.7. The summed E-state index contributed by atoms with van der Waals surface area (Å²) in [5.74, 6) is -0.855. The van der Waals surface area contributed by atoms with Crippen LogP contribution in [0.2, 0.25) is 0 Å². The Balaban J connectivity index is 1.74. The van der Waals surface area contributed by atoms with Crippen LogP contribution in [0.1, 0.15) is 54.6 Å². The molecule has 1 fully saturated rings. The van der Waals surface area contributed by atoms with Crippen molar-refractivity contribution in [3.05, 3.63) is 65.5 Å². The third-order valence-corrected chi connectivity index (χ3v) is 6.32. The monoisotopic (exact) mass is 390 g/mol. The molecular weight excluding hydrogens is 367 g/mol. The van der Waals surface area contributed by atoms with Crippen LogP contribution in [0.25, 0.3) is 0 Å². The highest BCUT2D eigenvalue weighted by Gasteiger charge is 2.24. The van der Waals surface area contributed by atoms with Crippen LogP contribution in [0, 0.1) is 5.82 Å². The molecule has 27 heavy (non-hydrogen) atoms. The van der Waals surface area contributed by atoms with Gasteiger partial charge >= 0.3 is 0 Å². The highest BCUT2D eigenvalue weighted by atomic mass is 32.2. The van der Waals surface area contributed by atoms with Gasteiger partial charge in [-0.15, -0.1) is 0 Å². The van der Waals surface area contributed by atoms with Gasteiger partial charge in [0.05, 0.1) is 10.9 Å². The average molecular weight is 390 g/mol. The third-order valence-electron chi connectivity index (χ3n) is 4.80. The standard InChI is InChI=1S/C20H23FN2O3S/c1-14(18-11-4-5-12-19(18)21)22-20(24)15-7-6-10-17(13-15)27(25,26)23-16-8-2-3-9-16/h4-7,10-14,16,23H,2-3,8-9H2,1H3,(H,22,24). The van der Waals surface area contributed by atoms with E-state index in [1.54, 1.807) is 25.1 Å². The van der Waals surface area contributed by atoms with Crippen LogP contribution >= 0.6 is 0 Å². The fourth-order valence-corrected chi connectivity index (χ4v) is 4.67. The van der Waals surface area contributed by atoms with E-state index in [-0.39, 0.29) is 16.5 Å². The second kappa shape index (κ2) is 8.19. The highest BCUT2D eigenvalue weighted by molar-refractivity contribution is 7.89. The number of rotatable bonds is 6. The molecule has 1 amide bonds. The van der Waals surface area contributed by atoms with Crippen LogP contribution < -0.4 is 10.0 Å². The second-order valence-electron chi connectivity index (χ2n) is 6.85. The van der Waals surface area contributed by atoms with Gasteiger partial charge in [-0.25, -0.2) is 17.5 Å². The van der Waals surface area contributed by atoms with Gasteiger partial charge in [0, 0.05) is 17.2 Å². The van der Waals surface area contributed by atoms with E-state index in [9.17, 15) is 17.6 Å². The molecule has 0 spiro atoms. The van der Waals surface area contributed by atoms with E-state index < -0.39 is 27.8 Å². The summed E-state index contributed by atoms with van der Waals surface area (Å²) >= 11 is 0. The maximum absolute atomic E-state index is 13.9. The molecule has 0 radical (unpaired) electrons. The Morgan fingerprint density at radius 3 is 2.52 bits per heavy atom. The van der Waals surface area contributed by atoms with E-state index in [1.807, 2.05) is 0 Å². The van der Waals surface area contributed by atoms with Crippen molar-refractivity contribution in [2.75, 3.05) is 0 Å². The predicted molar refractivity (Wildman–Crippen MR) is 101 cm³/mol. The van der Waals surface area contributed by atoms with Crippen LogP contribution in [0.15, 0.2) is 53.4 Å². The van der Waals surface area contributed by atoms with Crippen LogP contribution in [-0.2, 0) is 10.0 Å². The smallest absolute Gasteiger partial charge is 0.251 e. The third kappa shape index (κ3) is 4.73. The van der Waals surface area contributed by atoms with Gasteiger partial charge < -0.3 is 5.32 Å². The zero-order chi connectivity index (χ0) is 19.4. The minimum absolute atomic E-state index is 0.0476. The van der Waals surface area contributed by atoms with Gasteiger partial charge in [-0.3, -0.25) is 4.79 Å². The predicted octanol–water partition coefficient (Wildman–Crippen LogP) is 3.54. The van der Waals surface area contributed by atoms with Crippen LogP contribution in [0.3, 0.4) is 0 Å². The quantitative estimate of drug-likeness (QED) is 0.792. The minimum atomic E-state index is -3.68. The zero-order valence-electron chi connectivity index (χ0n) is 15.1. The van der Waals surface area contributed by atoms with Crippen molar-refractivity contribution in [1.29, 1.82) is 0 Å². The summed E-state index contributed by atoms with van der Waals surface area (Å²) in [6.07, 6.45) is 3.70. The molecule has 2 aromatic carbocycles. The number of hydrogen-bond donors (Lipinski definition) is 2.